The largest absolute Gasteiger partial charge is 0.310 e. The lowest BCUT2D eigenvalue weighted by molar-refractivity contribution is 0.457. The predicted molar refractivity (Wildman–Crippen MR) is 75.8 cm³/mol. The highest BCUT2D eigenvalue weighted by atomic mass is 15.3. The highest BCUT2D eigenvalue weighted by Gasteiger charge is 2.23. The Labute approximate surface area is 111 Å². The molecule has 1 fully saturated rings. The van der Waals surface area contributed by atoms with Crippen LogP contribution in [0.5, 0.6) is 0 Å². The molecule has 1 aliphatic rings. The molecule has 2 rings (SSSR count). The van der Waals surface area contributed by atoms with E-state index in [1.807, 2.05) is 0 Å². The van der Waals surface area contributed by atoms with Crippen LogP contribution >= 0.6 is 0 Å². The summed E-state index contributed by atoms with van der Waals surface area (Å²) in [5, 5.41) is 8.48. The van der Waals surface area contributed by atoms with Crippen molar-refractivity contribution in [2.24, 2.45) is 0 Å². The molecule has 0 radical (unpaired) electrons. The van der Waals surface area contributed by atoms with Crippen molar-refractivity contribution < 1.29 is 0 Å². The summed E-state index contributed by atoms with van der Waals surface area (Å²) in [5.74, 6) is 0. The molecule has 1 aliphatic carbocycles. The first-order valence-electron chi connectivity index (χ1n) is 7.53. The van der Waals surface area contributed by atoms with Gasteiger partial charge in [-0.15, -0.1) is 0 Å². The van der Waals surface area contributed by atoms with Crippen molar-refractivity contribution >= 4 is 0 Å². The van der Waals surface area contributed by atoms with Gasteiger partial charge in [-0.25, -0.2) is 0 Å². The number of nitrogens with one attached hydrogen (secondary N) is 1. The average Bonchev–Trinajstić information content (AvgIpc) is 3.15. The monoisotopic (exact) mass is 249 g/mol. The standard InChI is InChI=1S/C15H27N3/c1-5-11(4)18-15(7-3)13(14(6-2)17-18)10-16-12-8-9-12/h11-12,16H,5-10H2,1-4H3. The van der Waals surface area contributed by atoms with Crippen LogP contribution in [0, 0.1) is 0 Å². The van der Waals surface area contributed by atoms with E-state index in [0.717, 1.165) is 31.8 Å². The highest BCUT2D eigenvalue weighted by Crippen LogP contribution is 2.24. The molecular formula is C15H27N3. The Morgan fingerprint density at radius 2 is 2.00 bits per heavy atom. The van der Waals surface area contributed by atoms with E-state index in [1.54, 1.807) is 0 Å². The minimum Gasteiger partial charge on any atom is -0.310 e. The molecular weight excluding hydrogens is 222 g/mol. The van der Waals surface area contributed by atoms with Crippen LogP contribution in [0.3, 0.4) is 0 Å². The van der Waals surface area contributed by atoms with Gasteiger partial charge in [-0.3, -0.25) is 4.68 Å². The lowest BCUT2D eigenvalue weighted by Crippen LogP contribution is -2.17. The van der Waals surface area contributed by atoms with Crippen LogP contribution in [-0.4, -0.2) is 15.8 Å². The molecule has 1 atom stereocenters. The van der Waals surface area contributed by atoms with Gasteiger partial charge in [0.15, 0.2) is 0 Å². The molecule has 0 bridgehead atoms. The van der Waals surface area contributed by atoms with E-state index >= 15 is 0 Å². The highest BCUT2D eigenvalue weighted by molar-refractivity contribution is 5.27. The summed E-state index contributed by atoms with van der Waals surface area (Å²) < 4.78 is 2.27. The third-order valence-corrected chi connectivity index (χ3v) is 4.02. The van der Waals surface area contributed by atoms with Crippen molar-refractivity contribution in [3.8, 4) is 0 Å². The second-order valence-corrected chi connectivity index (χ2v) is 5.44. The maximum Gasteiger partial charge on any atom is 0.0669 e. The summed E-state index contributed by atoms with van der Waals surface area (Å²) in [4.78, 5) is 0. The van der Waals surface area contributed by atoms with Gasteiger partial charge in [0.25, 0.3) is 0 Å². The van der Waals surface area contributed by atoms with Crippen LogP contribution in [0.1, 0.15) is 70.0 Å². The Kier molecular flexibility index (Phi) is 4.44. The quantitative estimate of drug-likeness (QED) is 0.804. The van der Waals surface area contributed by atoms with E-state index in [-0.39, 0.29) is 0 Å². The molecule has 1 N–H and O–H groups in total. The molecule has 1 unspecified atom stereocenters. The smallest absolute Gasteiger partial charge is 0.0669 e. The van der Waals surface area contributed by atoms with Crippen molar-refractivity contribution in [3.05, 3.63) is 17.0 Å². The third-order valence-electron chi connectivity index (χ3n) is 4.02. The number of nitrogens with zero attached hydrogens (tertiary/aromatic N) is 2. The molecule has 18 heavy (non-hydrogen) atoms. The van der Waals surface area contributed by atoms with Crippen molar-refractivity contribution in [1.29, 1.82) is 0 Å². The first-order valence-corrected chi connectivity index (χ1v) is 7.53. The van der Waals surface area contributed by atoms with E-state index in [1.165, 1.54) is 29.8 Å². The second-order valence-electron chi connectivity index (χ2n) is 5.44. The van der Waals surface area contributed by atoms with Crippen LogP contribution in [-0.2, 0) is 19.4 Å². The van der Waals surface area contributed by atoms with E-state index < -0.39 is 0 Å². The maximum absolute atomic E-state index is 4.85. The Morgan fingerprint density at radius 3 is 2.50 bits per heavy atom. The molecule has 1 aromatic heterocycles. The number of aryl methyl sites for hydroxylation is 1. The van der Waals surface area contributed by atoms with Gasteiger partial charge >= 0.3 is 0 Å². The molecule has 102 valence electrons. The van der Waals surface area contributed by atoms with Gasteiger partial charge in [0.05, 0.1) is 5.69 Å². The summed E-state index contributed by atoms with van der Waals surface area (Å²) in [7, 11) is 0. The average molecular weight is 249 g/mol. The van der Waals surface area contributed by atoms with Crippen LogP contribution in [0.15, 0.2) is 0 Å². The Balaban J connectivity index is 2.24. The number of hydrogen-bond donors (Lipinski definition) is 1. The molecule has 1 saturated carbocycles. The molecule has 3 heteroatoms. The zero-order valence-corrected chi connectivity index (χ0v) is 12.3. The Bertz CT molecular complexity index is 391. The van der Waals surface area contributed by atoms with Crippen molar-refractivity contribution in [1.82, 2.24) is 15.1 Å². The lowest BCUT2D eigenvalue weighted by atomic mass is 10.1. The minimum absolute atomic E-state index is 0.514. The number of rotatable bonds is 7. The van der Waals surface area contributed by atoms with E-state index in [4.69, 9.17) is 5.10 Å². The van der Waals surface area contributed by atoms with E-state index in [2.05, 4.69) is 37.7 Å². The second kappa shape index (κ2) is 5.87. The van der Waals surface area contributed by atoms with Gasteiger partial charge in [0.2, 0.25) is 0 Å². The molecule has 0 amide bonds. The van der Waals surface area contributed by atoms with Crippen molar-refractivity contribution in [3.63, 3.8) is 0 Å². The minimum atomic E-state index is 0.514. The van der Waals surface area contributed by atoms with Crippen molar-refractivity contribution in [2.75, 3.05) is 0 Å². The summed E-state index contributed by atoms with van der Waals surface area (Å²) in [6.45, 7) is 9.97. The van der Waals surface area contributed by atoms with Gasteiger partial charge in [0, 0.05) is 29.9 Å². The predicted octanol–water partition coefficient (Wildman–Crippen LogP) is 3.23. The molecule has 1 aromatic rings. The Hall–Kier alpha value is -0.830. The van der Waals surface area contributed by atoms with Gasteiger partial charge in [-0.2, -0.15) is 5.10 Å². The summed E-state index contributed by atoms with van der Waals surface area (Å²) in [6.07, 6.45) is 5.97. The van der Waals surface area contributed by atoms with Crippen LogP contribution in [0.4, 0.5) is 0 Å². The van der Waals surface area contributed by atoms with Crippen LogP contribution in [0.2, 0.25) is 0 Å². The van der Waals surface area contributed by atoms with Gasteiger partial charge in [-0.1, -0.05) is 20.8 Å². The normalized spacial score (nSPS) is 17.1. The molecule has 3 nitrogen and oxygen atoms in total. The fourth-order valence-corrected chi connectivity index (χ4v) is 2.49. The number of aromatic nitrogens is 2. The molecule has 0 saturated heterocycles. The molecule has 1 heterocycles. The molecule has 0 spiro atoms. The lowest BCUT2D eigenvalue weighted by Gasteiger charge is -2.14. The van der Waals surface area contributed by atoms with Crippen molar-refractivity contribution in [2.45, 2.75) is 78.4 Å². The van der Waals surface area contributed by atoms with Crippen LogP contribution in [0.25, 0.3) is 0 Å². The SMILES string of the molecule is CCc1nn(C(C)CC)c(CC)c1CNC1CC1. The van der Waals surface area contributed by atoms with Gasteiger partial charge < -0.3 is 5.32 Å². The van der Waals surface area contributed by atoms with Gasteiger partial charge in [-0.05, 0) is 39.0 Å². The molecule has 0 aromatic carbocycles. The summed E-state index contributed by atoms with van der Waals surface area (Å²) in [6, 6.07) is 1.28. The fourth-order valence-electron chi connectivity index (χ4n) is 2.49. The fraction of sp³-hybridized carbons (Fsp3) is 0.800. The first kappa shape index (κ1) is 13.6. The summed E-state index contributed by atoms with van der Waals surface area (Å²) >= 11 is 0. The van der Waals surface area contributed by atoms with Gasteiger partial charge in [0.1, 0.15) is 0 Å². The number of hydrogen-bond acceptors (Lipinski definition) is 2. The topological polar surface area (TPSA) is 29.9 Å². The zero-order chi connectivity index (χ0) is 13.1. The van der Waals surface area contributed by atoms with E-state index in [9.17, 15) is 0 Å². The van der Waals surface area contributed by atoms with Crippen LogP contribution < -0.4 is 5.32 Å². The third kappa shape index (κ3) is 2.77. The first-order chi connectivity index (χ1) is 8.71. The molecule has 0 aliphatic heterocycles. The Morgan fingerprint density at radius 1 is 1.28 bits per heavy atom. The zero-order valence-electron chi connectivity index (χ0n) is 12.3. The summed E-state index contributed by atoms with van der Waals surface area (Å²) in [5.41, 5.74) is 4.20. The maximum atomic E-state index is 4.85. The van der Waals surface area contributed by atoms with E-state index in [0.29, 0.717) is 6.04 Å².